The largest absolute Gasteiger partial charge is 0.461 e. The highest BCUT2D eigenvalue weighted by Crippen LogP contribution is 2.57. The summed E-state index contributed by atoms with van der Waals surface area (Å²) in [6.45, 7) is 5.80. The highest BCUT2D eigenvalue weighted by atomic mass is 32.2. The highest BCUT2D eigenvalue weighted by Gasteiger charge is 2.58. The maximum absolute atomic E-state index is 13.9. The van der Waals surface area contributed by atoms with Crippen LogP contribution in [-0.2, 0) is 49.8 Å². The fourth-order valence-corrected chi connectivity index (χ4v) is 9.11. The standard InChI is InChI=1S/C41H50N4O14S2/c1-3-43(20-8-22-60(51,52)53)28-12-15-32-34(25-28)57-35-26-29(44(4-2)21-9-23-61(54,55)56)13-16-33(35)41(32)31-14-11-27(24-30(31)40(50)58-41)39(49)42-19-7-5-6-10-38(48)59-45-36(46)17-18-37(45)47/h11-16,24-26,28,32H,3-10,17-23H2,1-2H3,(H,42,49)(H,51,52,53)(H,54,55,56). The number of anilines is 1. The third-order valence-electron chi connectivity index (χ3n) is 11.1. The van der Waals surface area contributed by atoms with Crippen molar-refractivity contribution in [2.75, 3.05) is 49.1 Å². The molecule has 1 fully saturated rings. The number of unbranched alkanes of at least 4 members (excludes halogenated alkanes) is 2. The number of nitrogens with one attached hydrogen (secondary N) is 1. The first kappa shape index (κ1) is 45.4. The molecule has 0 saturated carbocycles. The number of imide groups is 1. The second-order valence-corrected chi connectivity index (χ2v) is 18.3. The van der Waals surface area contributed by atoms with Crippen molar-refractivity contribution in [3.63, 3.8) is 0 Å². The van der Waals surface area contributed by atoms with Gasteiger partial charge in [0.1, 0.15) is 11.5 Å². The topological polar surface area (TPSA) is 244 Å². The first-order valence-electron chi connectivity index (χ1n) is 20.3. The molecular formula is C41H50N4O14S2. The maximum Gasteiger partial charge on any atom is 0.339 e. The van der Waals surface area contributed by atoms with Crippen LogP contribution in [0.2, 0.25) is 0 Å². The predicted molar refractivity (Wildman–Crippen MR) is 219 cm³/mol. The van der Waals surface area contributed by atoms with E-state index in [4.69, 9.17) is 14.3 Å². The van der Waals surface area contributed by atoms with E-state index in [1.165, 1.54) is 6.07 Å². The van der Waals surface area contributed by atoms with E-state index >= 15 is 0 Å². The molecule has 1 saturated heterocycles. The molecule has 3 heterocycles. The molecule has 3 aliphatic heterocycles. The molecule has 6 rings (SSSR count). The molecule has 1 spiro atoms. The zero-order valence-electron chi connectivity index (χ0n) is 33.9. The van der Waals surface area contributed by atoms with Crippen LogP contribution in [-0.4, -0.2) is 116 Å². The average molecular weight is 887 g/mol. The van der Waals surface area contributed by atoms with Gasteiger partial charge in [-0.3, -0.25) is 28.4 Å². The SMILES string of the molecule is CCN(CCCS(=O)(=O)O)c1ccc2c(c1)OC1=CC(N(CC)CCCS(=O)(=O)O)C=CC1C21OC(=O)c2cc(C(=O)NCCCCCC(=O)ON3C(=O)CCC3=O)ccc21. The van der Waals surface area contributed by atoms with Crippen molar-refractivity contribution >= 4 is 55.6 Å². The molecule has 3 atom stereocenters. The number of rotatable bonds is 20. The summed E-state index contributed by atoms with van der Waals surface area (Å²) >= 11 is 0. The van der Waals surface area contributed by atoms with E-state index in [0.717, 1.165) is 0 Å². The fourth-order valence-electron chi connectivity index (χ4n) is 8.12. The van der Waals surface area contributed by atoms with Crippen molar-refractivity contribution < 1.29 is 64.2 Å². The lowest BCUT2D eigenvalue weighted by Gasteiger charge is -2.44. The molecular weight excluding hydrogens is 837 g/mol. The van der Waals surface area contributed by atoms with E-state index in [2.05, 4.69) is 5.32 Å². The molecule has 3 unspecified atom stereocenters. The number of carbonyl (C=O) groups is 5. The number of esters is 1. The molecule has 20 heteroatoms. The van der Waals surface area contributed by atoms with Gasteiger partial charge in [-0.1, -0.05) is 31.6 Å². The molecule has 0 radical (unpaired) electrons. The molecule has 330 valence electrons. The van der Waals surface area contributed by atoms with Gasteiger partial charge in [-0.15, -0.1) is 5.06 Å². The van der Waals surface area contributed by atoms with E-state index in [-0.39, 0.29) is 55.8 Å². The van der Waals surface area contributed by atoms with Gasteiger partial charge < -0.3 is 24.5 Å². The Morgan fingerprint density at radius 2 is 1.56 bits per heavy atom. The van der Waals surface area contributed by atoms with Gasteiger partial charge in [0.2, 0.25) is 0 Å². The number of ether oxygens (including phenoxy) is 2. The van der Waals surface area contributed by atoms with Gasteiger partial charge in [-0.2, -0.15) is 16.8 Å². The lowest BCUT2D eigenvalue weighted by atomic mass is 9.71. The third-order valence-corrected chi connectivity index (χ3v) is 12.7. The van der Waals surface area contributed by atoms with E-state index in [9.17, 15) is 49.9 Å². The van der Waals surface area contributed by atoms with Gasteiger partial charge in [-0.05, 0) is 69.5 Å². The molecule has 2 aromatic rings. The molecule has 1 aliphatic carbocycles. The molecule has 61 heavy (non-hydrogen) atoms. The van der Waals surface area contributed by atoms with Crippen LogP contribution in [0, 0.1) is 5.92 Å². The minimum atomic E-state index is -4.16. The van der Waals surface area contributed by atoms with E-state index in [1.807, 2.05) is 47.9 Å². The Morgan fingerprint density at radius 3 is 2.23 bits per heavy atom. The molecule has 3 N–H and O–H groups in total. The summed E-state index contributed by atoms with van der Waals surface area (Å²) in [5.74, 6) is -3.47. The Hall–Kier alpha value is -5.15. The summed E-state index contributed by atoms with van der Waals surface area (Å²) in [6, 6.07) is 9.86. The minimum Gasteiger partial charge on any atom is -0.461 e. The van der Waals surface area contributed by atoms with Crippen LogP contribution in [0.4, 0.5) is 5.69 Å². The van der Waals surface area contributed by atoms with E-state index in [0.29, 0.717) is 78.8 Å². The lowest BCUT2D eigenvalue weighted by Crippen LogP contribution is -2.45. The number of hydrogen-bond donors (Lipinski definition) is 3. The van der Waals surface area contributed by atoms with Crippen LogP contribution in [0.5, 0.6) is 5.75 Å². The van der Waals surface area contributed by atoms with Crippen LogP contribution < -0.4 is 15.0 Å². The van der Waals surface area contributed by atoms with Crippen molar-refractivity contribution in [1.82, 2.24) is 15.3 Å². The maximum atomic E-state index is 13.9. The number of fused-ring (bicyclic) bond motifs is 6. The highest BCUT2D eigenvalue weighted by molar-refractivity contribution is 7.86. The summed E-state index contributed by atoms with van der Waals surface area (Å²) in [6.07, 6.45) is 7.55. The molecule has 4 aliphatic rings. The summed E-state index contributed by atoms with van der Waals surface area (Å²) in [4.78, 5) is 71.4. The van der Waals surface area contributed by atoms with Crippen LogP contribution in [0.3, 0.4) is 0 Å². The van der Waals surface area contributed by atoms with Gasteiger partial charge in [0.15, 0.2) is 5.60 Å². The number of hydrogen-bond acceptors (Lipinski definition) is 14. The van der Waals surface area contributed by atoms with Crippen molar-refractivity contribution in [2.45, 2.75) is 76.9 Å². The number of carbonyl (C=O) groups excluding carboxylic acids is 5. The Morgan fingerprint density at radius 1 is 0.869 bits per heavy atom. The van der Waals surface area contributed by atoms with Gasteiger partial charge in [0, 0.05) is 79.9 Å². The molecule has 0 bridgehead atoms. The second-order valence-electron chi connectivity index (χ2n) is 15.2. The third kappa shape index (κ3) is 10.5. The normalized spacial score (nSPS) is 20.5. The smallest absolute Gasteiger partial charge is 0.339 e. The zero-order valence-corrected chi connectivity index (χ0v) is 35.5. The Balaban J connectivity index is 1.21. The average Bonchev–Trinajstić information content (AvgIpc) is 3.68. The van der Waals surface area contributed by atoms with Gasteiger partial charge in [0.25, 0.3) is 38.0 Å². The Bertz CT molecular complexity index is 2330. The summed E-state index contributed by atoms with van der Waals surface area (Å²) in [5, 5.41) is 3.34. The number of hydroxylamine groups is 2. The van der Waals surface area contributed by atoms with Crippen LogP contribution in [0.15, 0.2) is 60.4 Å². The summed E-state index contributed by atoms with van der Waals surface area (Å²) in [5.41, 5.74) is 0.745. The predicted octanol–water partition coefficient (Wildman–Crippen LogP) is 3.53. The van der Waals surface area contributed by atoms with Crippen molar-refractivity contribution in [2.24, 2.45) is 5.92 Å². The molecule has 2 aromatic carbocycles. The quantitative estimate of drug-likeness (QED) is 0.0566. The minimum absolute atomic E-state index is 0.00919. The van der Waals surface area contributed by atoms with Crippen molar-refractivity contribution in [3.05, 3.63) is 82.6 Å². The lowest BCUT2D eigenvalue weighted by molar-refractivity contribution is -0.197. The number of benzene rings is 2. The molecule has 3 amide bonds. The number of amides is 3. The summed E-state index contributed by atoms with van der Waals surface area (Å²) < 4.78 is 77.3. The van der Waals surface area contributed by atoms with Gasteiger partial charge >= 0.3 is 11.9 Å². The Labute approximate surface area is 354 Å². The zero-order chi connectivity index (χ0) is 44.1. The second kappa shape index (κ2) is 18.9. The molecule has 18 nitrogen and oxygen atoms in total. The summed E-state index contributed by atoms with van der Waals surface area (Å²) in [7, 11) is -8.30. The van der Waals surface area contributed by atoms with Crippen LogP contribution >= 0.6 is 0 Å². The molecule has 0 aromatic heterocycles. The first-order chi connectivity index (χ1) is 28.9. The monoisotopic (exact) mass is 886 g/mol. The van der Waals surface area contributed by atoms with Crippen molar-refractivity contribution in [3.8, 4) is 5.75 Å². The van der Waals surface area contributed by atoms with E-state index in [1.54, 1.807) is 24.3 Å². The number of likely N-dealkylation sites (N-methyl/N-ethyl adjacent to an activating group) is 1. The van der Waals surface area contributed by atoms with Gasteiger partial charge in [0.05, 0.1) is 23.0 Å². The fraction of sp³-hybridized carbons (Fsp3) is 0.488. The first-order valence-corrected chi connectivity index (χ1v) is 23.5. The van der Waals surface area contributed by atoms with Crippen molar-refractivity contribution in [1.29, 1.82) is 0 Å². The Kier molecular flexibility index (Phi) is 14.0. The van der Waals surface area contributed by atoms with Crippen LogP contribution in [0.25, 0.3) is 0 Å². The van der Waals surface area contributed by atoms with E-state index < -0.39 is 72.9 Å². The van der Waals surface area contributed by atoms with Crippen LogP contribution in [0.1, 0.15) is 97.1 Å². The number of nitrogens with zero attached hydrogens (tertiary/aromatic N) is 3. The van der Waals surface area contributed by atoms with Gasteiger partial charge in [-0.25, -0.2) is 9.59 Å².